The molecule has 0 atom stereocenters. The Morgan fingerprint density at radius 1 is 1.64 bits per heavy atom. The Morgan fingerprint density at radius 2 is 2.36 bits per heavy atom. The first-order chi connectivity index (χ1) is 6.65. The lowest BCUT2D eigenvalue weighted by Crippen LogP contribution is -2.17. The minimum Gasteiger partial charge on any atom is -0.508 e. The number of aromatic hydroxyl groups is 1. The summed E-state index contributed by atoms with van der Waals surface area (Å²) < 4.78 is 4.71. The number of ether oxygens (including phenoxy) is 1. The number of amides is 1. The third kappa shape index (κ3) is 2.26. The maximum Gasteiger partial charge on any atom is 0.409 e. The molecule has 1 aromatic carbocycles. The standard InChI is InChI=1S/C10H11NO3/c1-2-4-7-8(12)5-3-6-9(7)14-10(11)13/h2-3,5-6,12H,1,4H2,(H2,11,13). The van der Waals surface area contributed by atoms with Gasteiger partial charge in [0.25, 0.3) is 0 Å². The molecule has 1 amide bonds. The number of benzene rings is 1. The maximum absolute atomic E-state index is 10.5. The van der Waals surface area contributed by atoms with Crippen LogP contribution in [0.2, 0.25) is 0 Å². The second kappa shape index (κ2) is 4.32. The summed E-state index contributed by atoms with van der Waals surface area (Å²) in [5.41, 5.74) is 5.37. The predicted molar refractivity (Wildman–Crippen MR) is 52.2 cm³/mol. The van der Waals surface area contributed by atoms with Crippen molar-refractivity contribution in [3.8, 4) is 11.5 Å². The van der Waals surface area contributed by atoms with Crippen molar-refractivity contribution in [3.05, 3.63) is 36.4 Å². The summed E-state index contributed by atoms with van der Waals surface area (Å²) in [5.74, 6) is 0.320. The quantitative estimate of drug-likeness (QED) is 0.716. The van der Waals surface area contributed by atoms with Crippen LogP contribution in [0.5, 0.6) is 11.5 Å². The number of primary amides is 1. The molecule has 0 heterocycles. The molecule has 0 bridgehead atoms. The molecule has 1 rings (SSSR count). The number of carbonyl (C=O) groups is 1. The van der Waals surface area contributed by atoms with Crippen LogP contribution in [0.25, 0.3) is 0 Å². The molecule has 0 aliphatic rings. The van der Waals surface area contributed by atoms with Gasteiger partial charge in [-0.2, -0.15) is 0 Å². The van der Waals surface area contributed by atoms with Crippen molar-refractivity contribution >= 4 is 6.09 Å². The van der Waals surface area contributed by atoms with Gasteiger partial charge in [-0.05, 0) is 18.6 Å². The summed E-state index contributed by atoms with van der Waals surface area (Å²) >= 11 is 0. The zero-order valence-electron chi connectivity index (χ0n) is 7.56. The lowest BCUT2D eigenvalue weighted by molar-refractivity contribution is 0.210. The van der Waals surface area contributed by atoms with E-state index in [1.54, 1.807) is 18.2 Å². The second-order valence-electron chi connectivity index (χ2n) is 2.67. The van der Waals surface area contributed by atoms with E-state index in [0.717, 1.165) is 0 Å². The molecule has 14 heavy (non-hydrogen) atoms. The van der Waals surface area contributed by atoms with Crippen molar-refractivity contribution in [2.45, 2.75) is 6.42 Å². The van der Waals surface area contributed by atoms with Crippen LogP contribution in [0.3, 0.4) is 0 Å². The van der Waals surface area contributed by atoms with E-state index >= 15 is 0 Å². The largest absolute Gasteiger partial charge is 0.508 e. The van der Waals surface area contributed by atoms with Gasteiger partial charge in [-0.25, -0.2) is 4.79 Å². The van der Waals surface area contributed by atoms with Gasteiger partial charge in [0.1, 0.15) is 11.5 Å². The highest BCUT2D eigenvalue weighted by molar-refractivity contribution is 5.69. The first kappa shape index (κ1) is 10.1. The molecule has 0 aromatic heterocycles. The number of phenols is 1. The number of carbonyl (C=O) groups excluding carboxylic acids is 1. The average Bonchev–Trinajstić information content (AvgIpc) is 2.10. The van der Waals surface area contributed by atoms with Gasteiger partial charge in [0.2, 0.25) is 0 Å². The minimum absolute atomic E-state index is 0.0589. The molecule has 0 saturated heterocycles. The van der Waals surface area contributed by atoms with Gasteiger partial charge >= 0.3 is 6.09 Å². The Labute approximate surface area is 81.6 Å². The minimum atomic E-state index is -0.902. The number of rotatable bonds is 3. The monoisotopic (exact) mass is 193 g/mol. The van der Waals surface area contributed by atoms with Crippen LogP contribution in [-0.4, -0.2) is 11.2 Å². The van der Waals surface area contributed by atoms with Crippen LogP contribution in [0.4, 0.5) is 4.79 Å². The Balaban J connectivity index is 3.06. The highest BCUT2D eigenvalue weighted by atomic mass is 16.5. The fourth-order valence-electron chi connectivity index (χ4n) is 1.11. The first-order valence-electron chi connectivity index (χ1n) is 4.04. The van der Waals surface area contributed by atoms with E-state index in [1.165, 1.54) is 6.07 Å². The zero-order chi connectivity index (χ0) is 10.6. The summed E-state index contributed by atoms with van der Waals surface area (Å²) in [6.07, 6.45) is 1.11. The molecule has 0 saturated carbocycles. The van der Waals surface area contributed by atoms with Crippen LogP contribution in [-0.2, 0) is 6.42 Å². The van der Waals surface area contributed by atoms with E-state index in [4.69, 9.17) is 10.5 Å². The maximum atomic E-state index is 10.5. The molecule has 0 radical (unpaired) electrons. The molecule has 3 N–H and O–H groups in total. The van der Waals surface area contributed by atoms with Gasteiger partial charge in [0.05, 0.1) is 0 Å². The van der Waals surface area contributed by atoms with E-state index in [1.807, 2.05) is 0 Å². The Morgan fingerprint density at radius 3 is 2.93 bits per heavy atom. The number of nitrogens with two attached hydrogens (primary N) is 1. The SMILES string of the molecule is C=CCc1c(O)cccc1OC(N)=O. The van der Waals surface area contributed by atoms with Crippen LogP contribution >= 0.6 is 0 Å². The van der Waals surface area contributed by atoms with E-state index in [-0.39, 0.29) is 11.5 Å². The number of phenolic OH excluding ortho intramolecular Hbond substituents is 1. The van der Waals surface area contributed by atoms with E-state index in [2.05, 4.69) is 6.58 Å². The van der Waals surface area contributed by atoms with Gasteiger partial charge in [0, 0.05) is 5.56 Å². The fraction of sp³-hybridized carbons (Fsp3) is 0.100. The summed E-state index contributed by atoms with van der Waals surface area (Å²) in [5, 5.41) is 9.46. The van der Waals surface area contributed by atoms with Gasteiger partial charge in [-0.1, -0.05) is 12.1 Å². The van der Waals surface area contributed by atoms with Crippen molar-refractivity contribution < 1.29 is 14.6 Å². The molecule has 0 spiro atoms. The Kier molecular flexibility index (Phi) is 3.12. The molecule has 0 aliphatic carbocycles. The van der Waals surface area contributed by atoms with Crippen molar-refractivity contribution in [3.63, 3.8) is 0 Å². The van der Waals surface area contributed by atoms with E-state index < -0.39 is 6.09 Å². The van der Waals surface area contributed by atoms with E-state index in [9.17, 15) is 9.90 Å². The predicted octanol–water partition coefficient (Wildman–Crippen LogP) is 1.58. The molecule has 0 fully saturated rings. The Bertz CT molecular complexity index is 360. The Hall–Kier alpha value is -1.97. The molecule has 4 nitrogen and oxygen atoms in total. The highest BCUT2D eigenvalue weighted by Gasteiger charge is 2.09. The van der Waals surface area contributed by atoms with Crippen LogP contribution in [0, 0.1) is 0 Å². The van der Waals surface area contributed by atoms with E-state index in [0.29, 0.717) is 12.0 Å². The fourth-order valence-corrected chi connectivity index (χ4v) is 1.11. The first-order valence-corrected chi connectivity index (χ1v) is 4.04. The highest BCUT2D eigenvalue weighted by Crippen LogP contribution is 2.27. The lowest BCUT2D eigenvalue weighted by atomic mass is 10.1. The third-order valence-electron chi connectivity index (χ3n) is 1.67. The molecule has 0 unspecified atom stereocenters. The molecule has 0 aliphatic heterocycles. The zero-order valence-corrected chi connectivity index (χ0v) is 7.56. The number of hydrogen-bond donors (Lipinski definition) is 2. The smallest absolute Gasteiger partial charge is 0.409 e. The summed E-state index contributed by atoms with van der Waals surface area (Å²) in [6.45, 7) is 3.53. The third-order valence-corrected chi connectivity index (χ3v) is 1.67. The van der Waals surface area contributed by atoms with Crippen LogP contribution in [0.1, 0.15) is 5.56 Å². The normalized spacial score (nSPS) is 9.43. The van der Waals surface area contributed by atoms with Gasteiger partial charge in [0.15, 0.2) is 0 Å². The van der Waals surface area contributed by atoms with Crippen LogP contribution in [0.15, 0.2) is 30.9 Å². The summed E-state index contributed by atoms with van der Waals surface area (Å²) in [4.78, 5) is 10.5. The summed E-state index contributed by atoms with van der Waals surface area (Å²) in [7, 11) is 0. The molecule has 74 valence electrons. The molecule has 4 heteroatoms. The summed E-state index contributed by atoms with van der Waals surface area (Å²) in [6, 6.07) is 4.64. The number of allylic oxidation sites excluding steroid dienone is 1. The van der Waals surface area contributed by atoms with Gasteiger partial charge in [-0.15, -0.1) is 6.58 Å². The van der Waals surface area contributed by atoms with Gasteiger partial charge in [-0.3, -0.25) is 0 Å². The van der Waals surface area contributed by atoms with Crippen molar-refractivity contribution in [1.82, 2.24) is 0 Å². The van der Waals surface area contributed by atoms with Crippen LogP contribution < -0.4 is 10.5 Å². The topological polar surface area (TPSA) is 72.6 Å². The van der Waals surface area contributed by atoms with Crippen molar-refractivity contribution in [2.24, 2.45) is 5.73 Å². The lowest BCUT2D eigenvalue weighted by Gasteiger charge is -2.08. The average molecular weight is 193 g/mol. The molecule has 1 aromatic rings. The molecular weight excluding hydrogens is 182 g/mol. The molecular formula is C10H11NO3. The van der Waals surface area contributed by atoms with Gasteiger partial charge < -0.3 is 15.6 Å². The second-order valence-corrected chi connectivity index (χ2v) is 2.67. The van der Waals surface area contributed by atoms with Crippen molar-refractivity contribution in [2.75, 3.05) is 0 Å². The number of hydrogen-bond acceptors (Lipinski definition) is 3. The van der Waals surface area contributed by atoms with Crippen molar-refractivity contribution in [1.29, 1.82) is 0 Å².